The molecular formula is C11H10N4O2. The van der Waals surface area contributed by atoms with E-state index in [2.05, 4.69) is 15.5 Å². The van der Waals surface area contributed by atoms with Crippen LogP contribution in [0, 0.1) is 0 Å². The zero-order chi connectivity index (χ0) is 11.8. The van der Waals surface area contributed by atoms with Crippen molar-refractivity contribution in [2.75, 3.05) is 11.9 Å². The van der Waals surface area contributed by atoms with E-state index in [4.69, 9.17) is 10.5 Å². The molecule has 2 aromatic rings. The maximum atomic E-state index is 11.7. The smallest absolute Gasteiger partial charge is 0.244 e. The van der Waals surface area contributed by atoms with E-state index in [9.17, 15) is 4.79 Å². The first-order valence-corrected chi connectivity index (χ1v) is 5.18. The van der Waals surface area contributed by atoms with Crippen LogP contribution in [-0.4, -0.2) is 28.8 Å². The van der Waals surface area contributed by atoms with Crippen LogP contribution in [0.4, 0.5) is 5.69 Å². The van der Waals surface area contributed by atoms with E-state index < -0.39 is 6.04 Å². The van der Waals surface area contributed by atoms with Crippen LogP contribution in [0.15, 0.2) is 24.5 Å². The lowest BCUT2D eigenvalue weighted by Crippen LogP contribution is -2.38. The number of carbonyl (C=O) groups is 1. The zero-order valence-corrected chi connectivity index (χ0v) is 8.88. The summed E-state index contributed by atoms with van der Waals surface area (Å²) < 4.78 is 5.48. The average molecular weight is 230 g/mol. The Kier molecular flexibility index (Phi) is 2.15. The second kappa shape index (κ2) is 3.67. The Morgan fingerprint density at radius 3 is 3.06 bits per heavy atom. The summed E-state index contributed by atoms with van der Waals surface area (Å²) in [4.78, 5) is 11.7. The number of benzene rings is 1. The normalized spacial score (nSPS) is 19.1. The number of nitrogens with two attached hydrogens (primary N) is 1. The SMILES string of the molecule is N[C@H]1COc2ccc3cnncc3c2NC1=O. The summed E-state index contributed by atoms with van der Waals surface area (Å²) in [6, 6.07) is 3.00. The predicted molar refractivity (Wildman–Crippen MR) is 61.6 cm³/mol. The molecule has 1 aliphatic rings. The van der Waals surface area contributed by atoms with Crippen molar-refractivity contribution in [1.29, 1.82) is 0 Å². The molecule has 1 atom stereocenters. The number of nitrogens with zero attached hydrogens (tertiary/aromatic N) is 2. The van der Waals surface area contributed by atoms with E-state index in [-0.39, 0.29) is 12.5 Å². The molecule has 3 N–H and O–H groups in total. The van der Waals surface area contributed by atoms with Gasteiger partial charge in [0.05, 0.1) is 18.1 Å². The van der Waals surface area contributed by atoms with E-state index in [1.54, 1.807) is 18.5 Å². The molecular weight excluding hydrogens is 220 g/mol. The van der Waals surface area contributed by atoms with Crippen molar-refractivity contribution in [2.24, 2.45) is 5.73 Å². The highest BCUT2D eigenvalue weighted by Crippen LogP contribution is 2.33. The molecule has 0 spiro atoms. The molecule has 17 heavy (non-hydrogen) atoms. The van der Waals surface area contributed by atoms with Crippen molar-refractivity contribution in [1.82, 2.24) is 10.2 Å². The van der Waals surface area contributed by atoms with Gasteiger partial charge in [0.1, 0.15) is 18.4 Å². The molecule has 0 saturated carbocycles. The minimum Gasteiger partial charge on any atom is -0.489 e. The Labute approximate surface area is 96.8 Å². The van der Waals surface area contributed by atoms with Crippen molar-refractivity contribution < 1.29 is 9.53 Å². The van der Waals surface area contributed by atoms with Crippen LogP contribution in [0.5, 0.6) is 5.75 Å². The van der Waals surface area contributed by atoms with E-state index in [1.165, 1.54) is 0 Å². The van der Waals surface area contributed by atoms with Gasteiger partial charge >= 0.3 is 0 Å². The number of carbonyl (C=O) groups excluding carboxylic acids is 1. The van der Waals surface area contributed by atoms with E-state index in [0.717, 1.165) is 10.8 Å². The number of aromatic nitrogens is 2. The summed E-state index contributed by atoms with van der Waals surface area (Å²) in [7, 11) is 0. The van der Waals surface area contributed by atoms with Crippen molar-refractivity contribution in [3.8, 4) is 5.75 Å². The molecule has 0 saturated heterocycles. The molecule has 6 heteroatoms. The topological polar surface area (TPSA) is 90.1 Å². The van der Waals surface area contributed by atoms with Gasteiger partial charge < -0.3 is 15.8 Å². The fourth-order valence-corrected chi connectivity index (χ4v) is 1.77. The van der Waals surface area contributed by atoms with Gasteiger partial charge in [-0.05, 0) is 12.1 Å². The number of fused-ring (bicyclic) bond motifs is 3. The molecule has 1 aliphatic heterocycles. The first-order chi connectivity index (χ1) is 8.25. The van der Waals surface area contributed by atoms with Gasteiger partial charge in [0.15, 0.2) is 0 Å². The largest absolute Gasteiger partial charge is 0.489 e. The number of rotatable bonds is 0. The zero-order valence-electron chi connectivity index (χ0n) is 8.88. The van der Waals surface area contributed by atoms with Gasteiger partial charge in [-0.1, -0.05) is 0 Å². The van der Waals surface area contributed by atoms with Gasteiger partial charge in [-0.3, -0.25) is 4.79 Å². The van der Waals surface area contributed by atoms with Crippen molar-refractivity contribution in [3.63, 3.8) is 0 Å². The third-order valence-corrected chi connectivity index (χ3v) is 2.69. The van der Waals surface area contributed by atoms with Crippen LogP contribution in [-0.2, 0) is 4.79 Å². The van der Waals surface area contributed by atoms with E-state index in [1.807, 2.05) is 6.07 Å². The lowest BCUT2D eigenvalue weighted by atomic mass is 10.1. The summed E-state index contributed by atoms with van der Waals surface area (Å²) in [5.41, 5.74) is 6.24. The molecule has 0 radical (unpaired) electrons. The van der Waals surface area contributed by atoms with Crippen molar-refractivity contribution >= 4 is 22.4 Å². The molecule has 3 rings (SSSR count). The monoisotopic (exact) mass is 230 g/mol. The Morgan fingerprint density at radius 2 is 2.18 bits per heavy atom. The van der Waals surface area contributed by atoms with E-state index in [0.29, 0.717) is 11.4 Å². The van der Waals surface area contributed by atoms with Crippen LogP contribution in [0.3, 0.4) is 0 Å². The highest BCUT2D eigenvalue weighted by molar-refractivity contribution is 6.06. The summed E-state index contributed by atoms with van der Waals surface area (Å²) >= 11 is 0. The van der Waals surface area contributed by atoms with Gasteiger partial charge in [-0.15, -0.1) is 0 Å². The summed E-state index contributed by atoms with van der Waals surface area (Å²) in [6.45, 7) is 0.169. The minimum atomic E-state index is -0.660. The van der Waals surface area contributed by atoms with E-state index >= 15 is 0 Å². The standard InChI is InChI=1S/C11H10N4O2/c12-8-5-17-9-2-1-6-3-13-14-4-7(6)10(9)15-11(8)16/h1-4,8H,5,12H2,(H,15,16)/t8-/m0/s1. The van der Waals surface area contributed by atoms with Crippen LogP contribution >= 0.6 is 0 Å². The molecule has 6 nitrogen and oxygen atoms in total. The summed E-state index contributed by atoms with van der Waals surface area (Å²) in [5, 5.41) is 12.0. The first kappa shape index (κ1) is 9.98. The first-order valence-electron chi connectivity index (χ1n) is 5.18. The second-order valence-corrected chi connectivity index (χ2v) is 3.84. The number of amides is 1. The minimum absolute atomic E-state index is 0.169. The summed E-state index contributed by atoms with van der Waals surface area (Å²) in [5.74, 6) is 0.347. The fraction of sp³-hybridized carbons (Fsp3) is 0.182. The molecule has 1 aromatic heterocycles. The van der Waals surface area contributed by atoms with Crippen LogP contribution in [0.2, 0.25) is 0 Å². The molecule has 1 aromatic carbocycles. The molecule has 0 aliphatic carbocycles. The molecule has 0 bridgehead atoms. The molecule has 0 fully saturated rings. The maximum Gasteiger partial charge on any atom is 0.244 e. The molecule has 2 heterocycles. The van der Waals surface area contributed by atoms with Crippen molar-refractivity contribution in [3.05, 3.63) is 24.5 Å². The Balaban J connectivity index is 2.22. The molecule has 0 unspecified atom stereocenters. The average Bonchev–Trinajstić information content (AvgIpc) is 2.50. The third-order valence-electron chi connectivity index (χ3n) is 2.69. The second-order valence-electron chi connectivity index (χ2n) is 3.84. The predicted octanol–water partition coefficient (Wildman–Crippen LogP) is 0.288. The number of hydrogen-bond acceptors (Lipinski definition) is 5. The number of ether oxygens (including phenoxy) is 1. The molecule has 86 valence electrons. The quantitative estimate of drug-likeness (QED) is 0.678. The molecule has 1 amide bonds. The highest BCUT2D eigenvalue weighted by atomic mass is 16.5. The summed E-state index contributed by atoms with van der Waals surface area (Å²) in [6.07, 6.45) is 3.22. The fourth-order valence-electron chi connectivity index (χ4n) is 1.77. The van der Waals surface area contributed by atoms with Crippen LogP contribution < -0.4 is 15.8 Å². The Morgan fingerprint density at radius 1 is 1.35 bits per heavy atom. The van der Waals surface area contributed by atoms with Crippen LogP contribution in [0.1, 0.15) is 0 Å². The number of nitrogens with one attached hydrogen (secondary N) is 1. The Hall–Kier alpha value is -2.21. The number of anilines is 1. The maximum absolute atomic E-state index is 11.7. The van der Waals surface area contributed by atoms with Gasteiger partial charge in [0, 0.05) is 10.8 Å². The van der Waals surface area contributed by atoms with Crippen molar-refractivity contribution in [2.45, 2.75) is 6.04 Å². The van der Waals surface area contributed by atoms with Gasteiger partial charge in [-0.2, -0.15) is 10.2 Å². The Bertz CT molecular complexity index is 599. The lowest BCUT2D eigenvalue weighted by Gasteiger charge is -2.09. The van der Waals surface area contributed by atoms with Gasteiger partial charge in [0.25, 0.3) is 0 Å². The highest BCUT2D eigenvalue weighted by Gasteiger charge is 2.22. The lowest BCUT2D eigenvalue weighted by molar-refractivity contribution is -0.117. The van der Waals surface area contributed by atoms with Gasteiger partial charge in [-0.25, -0.2) is 0 Å². The van der Waals surface area contributed by atoms with Crippen LogP contribution in [0.25, 0.3) is 10.8 Å². The third kappa shape index (κ3) is 1.58. The van der Waals surface area contributed by atoms with Gasteiger partial charge in [0.2, 0.25) is 5.91 Å². The number of hydrogen-bond donors (Lipinski definition) is 2.